The maximum atomic E-state index is 6.28. The lowest BCUT2D eigenvalue weighted by molar-refractivity contribution is 0.578. The lowest BCUT2D eigenvalue weighted by Gasteiger charge is -2.29. The Morgan fingerprint density at radius 1 is 1.14 bits per heavy atom. The third-order valence-corrected chi connectivity index (χ3v) is 3.36. The molecule has 0 spiro atoms. The molecule has 1 heterocycles. The zero-order chi connectivity index (χ0) is 9.97. The average Bonchev–Trinajstić information content (AvgIpc) is 2.23. The number of benzene rings is 1. The normalized spacial score (nSPS) is 17.1. The maximum Gasteiger partial charge on any atom is 0.0668 e. The first-order chi connectivity index (χ1) is 6.79. The molecular weight excluding hydrogens is 194 g/mol. The molecule has 1 aromatic carbocycles. The fraction of sp³-hybridized carbons (Fsp3) is 0.500. The van der Waals surface area contributed by atoms with E-state index in [9.17, 15) is 0 Å². The van der Waals surface area contributed by atoms with E-state index < -0.39 is 0 Å². The molecule has 0 bridgehead atoms. The molecule has 0 unspecified atom stereocenters. The van der Waals surface area contributed by atoms with Gasteiger partial charge in [-0.3, -0.25) is 0 Å². The van der Waals surface area contributed by atoms with Crippen LogP contribution in [0.1, 0.15) is 24.8 Å². The molecule has 2 rings (SSSR count). The third kappa shape index (κ3) is 1.88. The van der Waals surface area contributed by atoms with Crippen molar-refractivity contribution in [1.29, 1.82) is 0 Å². The standard InChI is InChI=1S/C12H16ClN/c1-10-6-5-7-11(12(10)13)14-8-3-2-4-9-14/h5-7H,2-4,8-9H2,1H3. The Morgan fingerprint density at radius 2 is 1.86 bits per heavy atom. The van der Waals surface area contributed by atoms with E-state index in [1.165, 1.54) is 30.5 Å². The van der Waals surface area contributed by atoms with Gasteiger partial charge in [-0.25, -0.2) is 0 Å². The molecular formula is C12H16ClN. The Kier molecular flexibility index (Phi) is 2.97. The number of halogens is 1. The van der Waals surface area contributed by atoms with Gasteiger partial charge < -0.3 is 4.90 Å². The van der Waals surface area contributed by atoms with Crippen molar-refractivity contribution in [3.8, 4) is 0 Å². The van der Waals surface area contributed by atoms with Crippen LogP contribution in [-0.4, -0.2) is 13.1 Å². The van der Waals surface area contributed by atoms with Crippen molar-refractivity contribution in [2.45, 2.75) is 26.2 Å². The van der Waals surface area contributed by atoms with Crippen molar-refractivity contribution >= 4 is 17.3 Å². The van der Waals surface area contributed by atoms with Crippen LogP contribution in [0, 0.1) is 6.92 Å². The monoisotopic (exact) mass is 209 g/mol. The summed E-state index contributed by atoms with van der Waals surface area (Å²) < 4.78 is 0. The minimum absolute atomic E-state index is 0.925. The highest BCUT2D eigenvalue weighted by atomic mass is 35.5. The molecule has 0 saturated carbocycles. The van der Waals surface area contributed by atoms with Crippen molar-refractivity contribution in [3.05, 3.63) is 28.8 Å². The second-order valence-corrected chi connectivity index (χ2v) is 4.33. The molecule has 1 saturated heterocycles. The van der Waals surface area contributed by atoms with Crippen molar-refractivity contribution in [1.82, 2.24) is 0 Å². The largest absolute Gasteiger partial charge is 0.370 e. The van der Waals surface area contributed by atoms with Gasteiger partial charge in [0.2, 0.25) is 0 Å². The zero-order valence-electron chi connectivity index (χ0n) is 8.59. The van der Waals surface area contributed by atoms with Gasteiger partial charge in [0, 0.05) is 13.1 Å². The van der Waals surface area contributed by atoms with Crippen molar-refractivity contribution in [3.63, 3.8) is 0 Å². The predicted octanol–water partition coefficient (Wildman–Crippen LogP) is 3.64. The summed E-state index contributed by atoms with van der Waals surface area (Å²) in [6.07, 6.45) is 3.95. The Hall–Kier alpha value is -0.690. The lowest BCUT2D eigenvalue weighted by atomic mass is 10.1. The quantitative estimate of drug-likeness (QED) is 0.683. The molecule has 76 valence electrons. The molecule has 1 fully saturated rings. The first-order valence-corrected chi connectivity index (χ1v) is 5.67. The van der Waals surface area contributed by atoms with Crippen LogP contribution in [0.4, 0.5) is 5.69 Å². The Labute approximate surface area is 90.7 Å². The highest BCUT2D eigenvalue weighted by Crippen LogP contribution is 2.30. The van der Waals surface area contributed by atoms with Gasteiger partial charge in [0.1, 0.15) is 0 Å². The van der Waals surface area contributed by atoms with Crippen molar-refractivity contribution in [2.75, 3.05) is 18.0 Å². The highest BCUT2D eigenvalue weighted by molar-refractivity contribution is 6.34. The van der Waals surface area contributed by atoms with E-state index in [0.717, 1.165) is 18.1 Å². The number of hydrogen-bond donors (Lipinski definition) is 0. The van der Waals surface area contributed by atoms with Crippen LogP contribution in [0.2, 0.25) is 5.02 Å². The molecule has 1 nitrogen and oxygen atoms in total. The predicted molar refractivity (Wildman–Crippen MR) is 62.3 cm³/mol. The van der Waals surface area contributed by atoms with E-state index in [0.29, 0.717) is 0 Å². The summed E-state index contributed by atoms with van der Waals surface area (Å²) in [6.45, 7) is 4.38. The van der Waals surface area contributed by atoms with Gasteiger partial charge in [-0.2, -0.15) is 0 Å². The zero-order valence-corrected chi connectivity index (χ0v) is 9.35. The molecule has 0 amide bonds. The van der Waals surface area contributed by atoms with Crippen LogP contribution in [-0.2, 0) is 0 Å². The van der Waals surface area contributed by atoms with Crippen molar-refractivity contribution in [2.24, 2.45) is 0 Å². The first-order valence-electron chi connectivity index (χ1n) is 5.29. The summed E-state index contributed by atoms with van der Waals surface area (Å²) in [5.74, 6) is 0. The van der Waals surface area contributed by atoms with Gasteiger partial charge in [-0.1, -0.05) is 23.7 Å². The second-order valence-electron chi connectivity index (χ2n) is 3.96. The van der Waals surface area contributed by atoms with E-state index in [-0.39, 0.29) is 0 Å². The van der Waals surface area contributed by atoms with Crippen LogP contribution in [0.15, 0.2) is 18.2 Å². The van der Waals surface area contributed by atoms with Gasteiger partial charge in [0.25, 0.3) is 0 Å². The molecule has 0 aromatic heterocycles. The maximum absolute atomic E-state index is 6.28. The van der Waals surface area contributed by atoms with Gasteiger partial charge in [-0.15, -0.1) is 0 Å². The number of aryl methyl sites for hydroxylation is 1. The second kappa shape index (κ2) is 4.22. The molecule has 1 aliphatic heterocycles. The minimum Gasteiger partial charge on any atom is -0.370 e. The number of piperidine rings is 1. The molecule has 0 N–H and O–H groups in total. The summed E-state index contributed by atoms with van der Waals surface area (Å²) in [6, 6.07) is 6.28. The summed E-state index contributed by atoms with van der Waals surface area (Å²) >= 11 is 6.28. The summed E-state index contributed by atoms with van der Waals surface area (Å²) in [4.78, 5) is 2.40. The van der Waals surface area contributed by atoms with E-state index in [2.05, 4.69) is 30.0 Å². The smallest absolute Gasteiger partial charge is 0.0668 e. The van der Waals surface area contributed by atoms with E-state index in [1.807, 2.05) is 0 Å². The van der Waals surface area contributed by atoms with Crippen LogP contribution in [0.3, 0.4) is 0 Å². The number of anilines is 1. The molecule has 1 aromatic rings. The van der Waals surface area contributed by atoms with Crippen molar-refractivity contribution < 1.29 is 0 Å². The Morgan fingerprint density at radius 3 is 2.57 bits per heavy atom. The highest BCUT2D eigenvalue weighted by Gasteiger charge is 2.13. The molecule has 14 heavy (non-hydrogen) atoms. The minimum atomic E-state index is 0.925. The van der Waals surface area contributed by atoms with E-state index in [1.54, 1.807) is 0 Å². The first kappa shape index (κ1) is 9.85. The fourth-order valence-corrected chi connectivity index (χ4v) is 2.26. The van der Waals surface area contributed by atoms with E-state index >= 15 is 0 Å². The van der Waals surface area contributed by atoms with Gasteiger partial charge in [0.15, 0.2) is 0 Å². The SMILES string of the molecule is Cc1cccc(N2CCCCC2)c1Cl. The summed E-state index contributed by atoms with van der Waals surface area (Å²) in [5, 5.41) is 0.925. The summed E-state index contributed by atoms with van der Waals surface area (Å²) in [5.41, 5.74) is 2.39. The molecule has 0 atom stereocenters. The number of nitrogens with zero attached hydrogens (tertiary/aromatic N) is 1. The molecule has 2 heteroatoms. The number of hydrogen-bond acceptors (Lipinski definition) is 1. The molecule has 0 aliphatic carbocycles. The van der Waals surface area contributed by atoms with Crippen LogP contribution < -0.4 is 4.90 Å². The Balaban J connectivity index is 2.26. The molecule has 0 radical (unpaired) electrons. The van der Waals surface area contributed by atoms with Gasteiger partial charge in [-0.05, 0) is 37.8 Å². The number of rotatable bonds is 1. The fourth-order valence-electron chi connectivity index (χ4n) is 2.01. The van der Waals surface area contributed by atoms with E-state index in [4.69, 9.17) is 11.6 Å². The van der Waals surface area contributed by atoms with Crippen LogP contribution in [0.25, 0.3) is 0 Å². The van der Waals surface area contributed by atoms with Crippen LogP contribution in [0.5, 0.6) is 0 Å². The third-order valence-electron chi connectivity index (χ3n) is 2.87. The lowest BCUT2D eigenvalue weighted by Crippen LogP contribution is -2.29. The molecule has 1 aliphatic rings. The topological polar surface area (TPSA) is 3.24 Å². The average molecular weight is 210 g/mol. The van der Waals surface area contributed by atoms with Crippen LogP contribution >= 0.6 is 11.6 Å². The Bertz CT molecular complexity index is 316. The van der Waals surface area contributed by atoms with Gasteiger partial charge >= 0.3 is 0 Å². The van der Waals surface area contributed by atoms with Gasteiger partial charge in [0.05, 0.1) is 10.7 Å². The summed E-state index contributed by atoms with van der Waals surface area (Å²) in [7, 11) is 0.